The Bertz CT molecular complexity index is 842. The molecule has 0 saturated carbocycles. The molecule has 0 N–H and O–H groups in total. The predicted octanol–water partition coefficient (Wildman–Crippen LogP) is 4.65. The molecule has 4 rings (SSSR count). The van der Waals surface area contributed by atoms with Crippen molar-refractivity contribution < 1.29 is 13.7 Å². The molecule has 0 bridgehead atoms. The van der Waals surface area contributed by atoms with E-state index in [4.69, 9.17) is 9.26 Å². The van der Waals surface area contributed by atoms with Gasteiger partial charge >= 0.3 is 0 Å². The van der Waals surface area contributed by atoms with Gasteiger partial charge in [0.25, 0.3) is 5.88 Å². The lowest BCUT2D eigenvalue weighted by Gasteiger charge is -2.31. The van der Waals surface area contributed by atoms with Gasteiger partial charge in [-0.05, 0) is 61.1 Å². The predicted molar refractivity (Wildman–Crippen MR) is 98.5 cm³/mol. The highest BCUT2D eigenvalue weighted by molar-refractivity contribution is 5.81. The molecule has 26 heavy (non-hydrogen) atoms. The first-order chi connectivity index (χ1) is 12.8. The Labute approximate surface area is 152 Å². The molecule has 1 saturated heterocycles. The van der Waals surface area contributed by atoms with Gasteiger partial charge in [0.15, 0.2) is 5.58 Å². The molecule has 4 nitrogen and oxygen atoms in total. The number of hydrogen-bond acceptors (Lipinski definition) is 4. The average molecular weight is 354 g/mol. The molecule has 5 heteroatoms. The van der Waals surface area contributed by atoms with Gasteiger partial charge in [-0.25, -0.2) is 4.39 Å². The van der Waals surface area contributed by atoms with E-state index in [1.807, 2.05) is 0 Å². The van der Waals surface area contributed by atoms with E-state index in [1.165, 1.54) is 30.5 Å². The summed E-state index contributed by atoms with van der Waals surface area (Å²) >= 11 is 0. The molecule has 0 spiro atoms. The molecule has 136 valence electrons. The second-order valence-electron chi connectivity index (χ2n) is 6.97. The first-order valence-electron chi connectivity index (χ1n) is 9.22. The molecular weight excluding hydrogens is 331 g/mol. The molecular formula is C21H23FN2O2. The molecule has 1 aliphatic rings. The summed E-state index contributed by atoms with van der Waals surface area (Å²) in [5, 5.41) is 4.63. The van der Waals surface area contributed by atoms with Crippen LogP contribution in [-0.4, -0.2) is 29.8 Å². The molecule has 0 unspecified atom stereocenters. The lowest BCUT2D eigenvalue weighted by atomic mass is 9.93. The standard InChI is InChI=1S/C21H23FN2O2/c22-18-6-7-19-20(14-18)26-23-21(19)25-13-10-16-8-11-24(12-9-16)15-17-4-2-1-3-5-17/h1-7,14,16H,8-13,15H2. The van der Waals surface area contributed by atoms with Crippen molar-refractivity contribution in [1.82, 2.24) is 10.1 Å². The van der Waals surface area contributed by atoms with Crippen molar-refractivity contribution in [2.24, 2.45) is 5.92 Å². The minimum absolute atomic E-state index is 0.331. The van der Waals surface area contributed by atoms with Gasteiger partial charge in [-0.2, -0.15) is 0 Å². The summed E-state index contributed by atoms with van der Waals surface area (Å²) in [6.45, 7) is 3.91. The number of piperidine rings is 1. The van der Waals surface area contributed by atoms with Crippen molar-refractivity contribution in [1.29, 1.82) is 0 Å². The van der Waals surface area contributed by atoms with Crippen molar-refractivity contribution in [3.8, 4) is 5.88 Å². The van der Waals surface area contributed by atoms with Crippen LogP contribution in [0.3, 0.4) is 0 Å². The molecule has 0 atom stereocenters. The molecule has 2 aromatic carbocycles. The van der Waals surface area contributed by atoms with Crippen molar-refractivity contribution in [3.63, 3.8) is 0 Å². The highest BCUT2D eigenvalue weighted by atomic mass is 19.1. The minimum Gasteiger partial charge on any atom is -0.475 e. The number of fused-ring (bicyclic) bond motifs is 1. The van der Waals surface area contributed by atoms with Crippen molar-refractivity contribution in [2.75, 3.05) is 19.7 Å². The van der Waals surface area contributed by atoms with Crippen LogP contribution in [0.4, 0.5) is 4.39 Å². The van der Waals surface area contributed by atoms with Crippen LogP contribution in [0.25, 0.3) is 11.0 Å². The Morgan fingerprint density at radius 2 is 1.92 bits per heavy atom. The lowest BCUT2D eigenvalue weighted by Crippen LogP contribution is -2.33. The first-order valence-corrected chi connectivity index (χ1v) is 9.22. The van der Waals surface area contributed by atoms with Gasteiger partial charge in [0.05, 0.1) is 12.0 Å². The third-order valence-electron chi connectivity index (χ3n) is 5.12. The Kier molecular flexibility index (Phi) is 5.16. The molecule has 1 aromatic heterocycles. The number of halogens is 1. The number of aromatic nitrogens is 1. The van der Waals surface area contributed by atoms with Crippen LogP contribution in [0.2, 0.25) is 0 Å². The van der Waals surface area contributed by atoms with Gasteiger partial charge in [-0.3, -0.25) is 4.90 Å². The maximum absolute atomic E-state index is 13.2. The van der Waals surface area contributed by atoms with Crippen molar-refractivity contribution in [3.05, 3.63) is 59.9 Å². The lowest BCUT2D eigenvalue weighted by molar-refractivity contribution is 0.155. The maximum Gasteiger partial charge on any atom is 0.262 e. The van der Waals surface area contributed by atoms with Crippen LogP contribution in [0.1, 0.15) is 24.8 Å². The van der Waals surface area contributed by atoms with E-state index in [-0.39, 0.29) is 5.82 Å². The van der Waals surface area contributed by atoms with E-state index in [9.17, 15) is 4.39 Å². The second-order valence-corrected chi connectivity index (χ2v) is 6.97. The van der Waals surface area contributed by atoms with E-state index in [2.05, 4.69) is 40.4 Å². The highest BCUT2D eigenvalue weighted by Gasteiger charge is 2.19. The van der Waals surface area contributed by atoms with E-state index < -0.39 is 0 Å². The molecule has 0 amide bonds. The van der Waals surface area contributed by atoms with E-state index in [0.717, 1.165) is 31.4 Å². The first kappa shape index (κ1) is 17.0. The summed E-state index contributed by atoms with van der Waals surface area (Å²) in [7, 11) is 0. The van der Waals surface area contributed by atoms with Crippen molar-refractivity contribution in [2.45, 2.75) is 25.8 Å². The third kappa shape index (κ3) is 4.05. The van der Waals surface area contributed by atoms with Gasteiger partial charge in [-0.1, -0.05) is 30.3 Å². The zero-order chi connectivity index (χ0) is 17.8. The smallest absolute Gasteiger partial charge is 0.262 e. The summed E-state index contributed by atoms with van der Waals surface area (Å²) in [5.41, 5.74) is 1.80. The van der Waals surface area contributed by atoms with Gasteiger partial charge in [-0.15, -0.1) is 0 Å². The summed E-state index contributed by atoms with van der Waals surface area (Å²) in [6.07, 6.45) is 3.40. The topological polar surface area (TPSA) is 38.5 Å². The summed E-state index contributed by atoms with van der Waals surface area (Å²) in [5.74, 6) is 0.807. The maximum atomic E-state index is 13.2. The fourth-order valence-electron chi connectivity index (χ4n) is 3.59. The van der Waals surface area contributed by atoms with E-state index >= 15 is 0 Å². The van der Waals surface area contributed by atoms with Crippen LogP contribution in [0.15, 0.2) is 53.1 Å². The number of rotatable bonds is 6. The van der Waals surface area contributed by atoms with Gasteiger partial charge in [0.2, 0.25) is 0 Å². The zero-order valence-corrected chi connectivity index (χ0v) is 14.7. The van der Waals surface area contributed by atoms with Gasteiger partial charge in [0.1, 0.15) is 5.82 Å². The van der Waals surface area contributed by atoms with E-state index in [0.29, 0.717) is 24.0 Å². The van der Waals surface area contributed by atoms with Gasteiger partial charge < -0.3 is 9.26 Å². The van der Waals surface area contributed by atoms with Crippen LogP contribution in [-0.2, 0) is 6.54 Å². The van der Waals surface area contributed by atoms with Crippen molar-refractivity contribution >= 4 is 11.0 Å². The molecule has 1 fully saturated rings. The summed E-state index contributed by atoms with van der Waals surface area (Å²) in [4.78, 5) is 2.52. The molecule has 2 heterocycles. The zero-order valence-electron chi connectivity index (χ0n) is 14.7. The van der Waals surface area contributed by atoms with Crippen LogP contribution in [0.5, 0.6) is 5.88 Å². The second kappa shape index (κ2) is 7.87. The highest BCUT2D eigenvalue weighted by Crippen LogP contribution is 2.27. The minimum atomic E-state index is -0.331. The Balaban J connectivity index is 1.22. The average Bonchev–Trinajstić information content (AvgIpc) is 3.06. The number of nitrogens with zero attached hydrogens (tertiary/aromatic N) is 2. The molecule has 1 aliphatic heterocycles. The molecule has 0 aliphatic carbocycles. The normalized spacial score (nSPS) is 16.2. The number of ether oxygens (including phenoxy) is 1. The quantitative estimate of drug-likeness (QED) is 0.646. The fraction of sp³-hybridized carbons (Fsp3) is 0.381. The number of benzene rings is 2. The summed E-state index contributed by atoms with van der Waals surface area (Å²) < 4.78 is 24.1. The monoisotopic (exact) mass is 354 g/mol. The van der Waals surface area contributed by atoms with Crippen LogP contribution in [0, 0.1) is 11.7 Å². The SMILES string of the molecule is Fc1ccc2c(OCCC3CCN(Cc4ccccc4)CC3)noc2c1. The van der Waals surface area contributed by atoms with Crippen LogP contribution >= 0.6 is 0 Å². The fourth-order valence-corrected chi connectivity index (χ4v) is 3.59. The Hall–Kier alpha value is -2.40. The number of hydrogen-bond donors (Lipinski definition) is 0. The largest absolute Gasteiger partial charge is 0.475 e. The molecule has 3 aromatic rings. The Morgan fingerprint density at radius 3 is 2.73 bits per heavy atom. The number of likely N-dealkylation sites (tertiary alicyclic amines) is 1. The third-order valence-corrected chi connectivity index (χ3v) is 5.12. The van der Waals surface area contributed by atoms with Gasteiger partial charge in [0, 0.05) is 12.6 Å². The summed E-state index contributed by atoms with van der Waals surface area (Å²) in [6, 6.07) is 15.0. The Morgan fingerprint density at radius 1 is 1.12 bits per heavy atom. The molecule has 0 radical (unpaired) electrons. The van der Waals surface area contributed by atoms with Crippen LogP contribution < -0.4 is 4.74 Å². The van der Waals surface area contributed by atoms with E-state index in [1.54, 1.807) is 6.07 Å².